The first-order valence-corrected chi connectivity index (χ1v) is 10.4. The number of esters is 2. The molecule has 1 aliphatic carbocycles. The number of hydrogen-bond acceptors (Lipinski definition) is 4. The molecule has 2 aromatic rings. The van der Waals surface area contributed by atoms with Crippen molar-refractivity contribution < 1.29 is 19.1 Å². The Kier molecular flexibility index (Phi) is 6.71. The van der Waals surface area contributed by atoms with E-state index in [1.807, 2.05) is 36.4 Å². The molecule has 2 aromatic carbocycles. The zero-order valence-electron chi connectivity index (χ0n) is 14.6. The van der Waals surface area contributed by atoms with Gasteiger partial charge < -0.3 is 9.47 Å². The first kappa shape index (κ1) is 20.1. The Morgan fingerprint density at radius 3 is 1.48 bits per heavy atom. The lowest BCUT2D eigenvalue weighted by Gasteiger charge is -2.04. The third-order valence-corrected chi connectivity index (χ3v) is 6.99. The molecule has 0 aliphatic heterocycles. The van der Waals surface area contributed by atoms with Crippen molar-refractivity contribution in [3.05, 3.63) is 60.7 Å². The Labute approximate surface area is 175 Å². The van der Waals surface area contributed by atoms with Crippen LogP contribution in [-0.4, -0.2) is 15.2 Å². The molecule has 0 aromatic heterocycles. The first-order chi connectivity index (χ1) is 13.0. The number of halogens is 2. The van der Waals surface area contributed by atoms with Gasteiger partial charge in [-0.05, 0) is 48.9 Å². The summed E-state index contributed by atoms with van der Waals surface area (Å²) in [5, 5.41) is 0. The number of para-hydroxylation sites is 2. The highest BCUT2D eigenvalue weighted by atomic mass is 79.9. The van der Waals surface area contributed by atoms with E-state index >= 15 is 0 Å². The Morgan fingerprint density at radius 2 is 1.11 bits per heavy atom. The molecular formula is C21H20Br2O4. The normalized spacial score (nSPS) is 19.9. The van der Waals surface area contributed by atoms with Crippen LogP contribution in [0.5, 0.6) is 11.5 Å². The van der Waals surface area contributed by atoms with Crippen LogP contribution in [0.3, 0.4) is 0 Å². The lowest BCUT2D eigenvalue weighted by molar-refractivity contribution is -0.135. The third-order valence-electron chi connectivity index (χ3n) is 4.63. The molecule has 0 radical (unpaired) electrons. The molecule has 6 heteroatoms. The van der Waals surface area contributed by atoms with E-state index in [0.717, 1.165) is 0 Å². The van der Waals surface area contributed by atoms with E-state index in [2.05, 4.69) is 31.9 Å². The Hall–Kier alpha value is -1.66. The molecule has 0 saturated heterocycles. The van der Waals surface area contributed by atoms with Crippen LogP contribution in [-0.2, 0) is 9.59 Å². The van der Waals surface area contributed by atoms with E-state index in [-0.39, 0.29) is 27.0 Å². The van der Waals surface area contributed by atoms with Crippen molar-refractivity contribution >= 4 is 43.8 Å². The van der Waals surface area contributed by atoms with Crippen LogP contribution in [0.1, 0.15) is 25.7 Å². The molecule has 1 fully saturated rings. The number of hydrogen-bond donors (Lipinski definition) is 0. The Bertz CT molecular complexity index is 712. The molecule has 27 heavy (non-hydrogen) atoms. The van der Waals surface area contributed by atoms with E-state index in [9.17, 15) is 9.59 Å². The van der Waals surface area contributed by atoms with Gasteiger partial charge in [-0.2, -0.15) is 0 Å². The molecular weight excluding hydrogens is 476 g/mol. The van der Waals surface area contributed by atoms with Crippen LogP contribution >= 0.6 is 31.9 Å². The highest BCUT2D eigenvalue weighted by Gasteiger charge is 2.60. The minimum atomic E-state index is -0.244. The summed E-state index contributed by atoms with van der Waals surface area (Å²) in [4.78, 5) is 24.0. The average Bonchev–Trinajstić information content (AvgIpc) is 3.19. The number of carbonyl (C=O) groups excluding carboxylic acids is 2. The van der Waals surface area contributed by atoms with Gasteiger partial charge in [0.1, 0.15) is 11.5 Å². The molecule has 1 saturated carbocycles. The second-order valence-electron chi connectivity index (χ2n) is 6.54. The zero-order chi connectivity index (χ0) is 19.3. The number of carbonyl (C=O) groups is 2. The zero-order valence-corrected chi connectivity index (χ0v) is 17.8. The summed E-state index contributed by atoms with van der Waals surface area (Å²) >= 11 is 7.33. The topological polar surface area (TPSA) is 52.6 Å². The second kappa shape index (κ2) is 9.02. The molecule has 4 nitrogen and oxygen atoms in total. The van der Waals surface area contributed by atoms with E-state index in [1.165, 1.54) is 0 Å². The lowest BCUT2D eigenvalue weighted by atomic mass is 10.1. The number of ether oxygens (including phenoxy) is 2. The van der Waals surface area contributed by atoms with Gasteiger partial charge in [0.25, 0.3) is 0 Å². The van der Waals surface area contributed by atoms with E-state index in [0.29, 0.717) is 37.2 Å². The van der Waals surface area contributed by atoms with Gasteiger partial charge in [0.15, 0.2) is 0 Å². The van der Waals surface area contributed by atoms with Gasteiger partial charge in [-0.3, -0.25) is 9.59 Å². The summed E-state index contributed by atoms with van der Waals surface area (Å²) in [6.07, 6.45) is 2.06. The maximum atomic E-state index is 12.0. The summed E-state index contributed by atoms with van der Waals surface area (Å²) in [5.41, 5.74) is 0. The Morgan fingerprint density at radius 1 is 0.741 bits per heavy atom. The Balaban J connectivity index is 1.40. The van der Waals surface area contributed by atoms with Crippen LogP contribution in [0.25, 0.3) is 0 Å². The number of alkyl halides is 2. The summed E-state index contributed by atoms with van der Waals surface area (Å²) in [5.74, 6) is 1.16. The second-order valence-corrected chi connectivity index (χ2v) is 10.2. The predicted molar refractivity (Wildman–Crippen MR) is 110 cm³/mol. The summed E-state index contributed by atoms with van der Waals surface area (Å²) in [6, 6.07) is 18.1. The minimum Gasteiger partial charge on any atom is -0.427 e. The van der Waals surface area contributed by atoms with Gasteiger partial charge in [0.2, 0.25) is 0 Å². The smallest absolute Gasteiger partial charge is 0.311 e. The molecule has 0 spiro atoms. The van der Waals surface area contributed by atoms with Gasteiger partial charge >= 0.3 is 11.9 Å². The quantitative estimate of drug-likeness (QED) is 0.276. The maximum absolute atomic E-state index is 12.0. The largest absolute Gasteiger partial charge is 0.427 e. The van der Waals surface area contributed by atoms with Crippen LogP contribution in [0, 0.1) is 11.8 Å². The maximum Gasteiger partial charge on any atom is 0.311 e. The fourth-order valence-electron chi connectivity index (χ4n) is 3.14. The van der Waals surface area contributed by atoms with Crippen molar-refractivity contribution in [2.45, 2.75) is 28.9 Å². The van der Waals surface area contributed by atoms with Crippen molar-refractivity contribution in [1.29, 1.82) is 0 Å². The monoisotopic (exact) mass is 494 g/mol. The first-order valence-electron chi connectivity index (χ1n) is 8.86. The van der Waals surface area contributed by atoms with Gasteiger partial charge in [-0.25, -0.2) is 0 Å². The van der Waals surface area contributed by atoms with Crippen molar-refractivity contribution in [3.8, 4) is 11.5 Å². The van der Waals surface area contributed by atoms with Gasteiger partial charge in [0, 0.05) is 12.8 Å². The standard InChI is InChI=1S/C21H20Br2O4/c22-21(23)17(11-13-19(24)26-15-7-3-1-4-8-15)18(21)12-14-20(25)27-16-9-5-2-6-10-16/h1-10,17-18H,11-14H2/t17-,18+. The van der Waals surface area contributed by atoms with Crippen molar-refractivity contribution in [3.63, 3.8) is 0 Å². The predicted octanol–water partition coefficient (Wildman–Crippen LogP) is 5.49. The van der Waals surface area contributed by atoms with E-state index in [1.54, 1.807) is 24.3 Å². The summed E-state index contributed by atoms with van der Waals surface area (Å²) in [7, 11) is 0. The molecule has 0 heterocycles. The van der Waals surface area contributed by atoms with Crippen molar-refractivity contribution in [1.82, 2.24) is 0 Å². The number of rotatable bonds is 8. The van der Waals surface area contributed by atoms with Crippen LogP contribution in [0.4, 0.5) is 0 Å². The van der Waals surface area contributed by atoms with Crippen LogP contribution in [0.2, 0.25) is 0 Å². The summed E-state index contributed by atoms with van der Waals surface area (Å²) < 4.78 is 10.4. The van der Waals surface area contributed by atoms with Crippen LogP contribution in [0.15, 0.2) is 60.7 Å². The molecule has 1 aliphatic rings. The third kappa shape index (κ3) is 5.66. The fraction of sp³-hybridized carbons (Fsp3) is 0.333. The molecule has 0 amide bonds. The van der Waals surface area contributed by atoms with Crippen molar-refractivity contribution in [2.75, 3.05) is 0 Å². The minimum absolute atomic E-state index is 0.222. The molecule has 3 rings (SSSR count). The molecule has 0 N–H and O–H groups in total. The highest BCUT2D eigenvalue weighted by Crippen LogP contribution is 2.65. The van der Waals surface area contributed by atoms with Gasteiger partial charge in [-0.1, -0.05) is 68.3 Å². The van der Waals surface area contributed by atoms with E-state index in [4.69, 9.17) is 9.47 Å². The van der Waals surface area contributed by atoms with Gasteiger partial charge in [-0.15, -0.1) is 0 Å². The van der Waals surface area contributed by atoms with Crippen LogP contribution < -0.4 is 9.47 Å². The fourth-order valence-corrected chi connectivity index (χ4v) is 5.06. The average molecular weight is 496 g/mol. The molecule has 0 unspecified atom stereocenters. The summed E-state index contributed by atoms with van der Waals surface area (Å²) in [6.45, 7) is 0. The van der Waals surface area contributed by atoms with Gasteiger partial charge in [0.05, 0.1) is 3.23 Å². The number of benzene rings is 2. The molecule has 0 bridgehead atoms. The SMILES string of the molecule is O=C(CC[C@@H]1[C@H](CCC(=O)Oc2ccccc2)C1(Br)Br)Oc1ccccc1. The molecule has 2 atom stereocenters. The molecule has 142 valence electrons. The van der Waals surface area contributed by atoms with E-state index < -0.39 is 0 Å². The van der Waals surface area contributed by atoms with Crippen molar-refractivity contribution in [2.24, 2.45) is 11.8 Å². The highest BCUT2D eigenvalue weighted by molar-refractivity contribution is 9.25. The lowest BCUT2D eigenvalue weighted by Crippen LogP contribution is -2.09.